The van der Waals surface area contributed by atoms with Crippen molar-refractivity contribution in [1.29, 1.82) is 0 Å². The summed E-state index contributed by atoms with van der Waals surface area (Å²) in [4.78, 5) is 2.57. The van der Waals surface area contributed by atoms with Gasteiger partial charge in [-0.2, -0.15) is 0 Å². The van der Waals surface area contributed by atoms with Crippen LogP contribution in [0, 0.1) is 0 Å². The van der Waals surface area contributed by atoms with E-state index in [0.717, 1.165) is 36.1 Å². The van der Waals surface area contributed by atoms with Crippen LogP contribution in [0.5, 0.6) is 0 Å². The van der Waals surface area contributed by atoms with Crippen LogP contribution in [0.25, 0.3) is 0 Å². The van der Waals surface area contributed by atoms with E-state index in [1.807, 2.05) is 6.07 Å². The molecule has 2 N–H and O–H groups in total. The fourth-order valence-electron chi connectivity index (χ4n) is 3.35. The summed E-state index contributed by atoms with van der Waals surface area (Å²) in [6.45, 7) is 4.33. The third kappa shape index (κ3) is 2.99. The Morgan fingerprint density at radius 3 is 2.81 bits per heavy atom. The van der Waals surface area contributed by atoms with Crippen molar-refractivity contribution >= 4 is 21.6 Å². The lowest BCUT2D eigenvalue weighted by atomic mass is 9.94. The molecular weight excluding hydrogens is 324 g/mol. The molecule has 2 aromatic rings. The van der Waals surface area contributed by atoms with Gasteiger partial charge in [-0.15, -0.1) is 0 Å². The van der Waals surface area contributed by atoms with Crippen LogP contribution in [0.1, 0.15) is 36.1 Å². The van der Waals surface area contributed by atoms with Crippen LogP contribution in [0.2, 0.25) is 0 Å². The Kier molecular flexibility index (Phi) is 4.32. The van der Waals surface area contributed by atoms with Gasteiger partial charge in [0.1, 0.15) is 0 Å². The molecule has 1 unspecified atom stereocenters. The molecule has 0 aromatic heterocycles. The molecule has 2 nitrogen and oxygen atoms in total. The van der Waals surface area contributed by atoms with E-state index in [9.17, 15) is 0 Å². The molecule has 110 valence electrons. The average Bonchev–Trinajstić information content (AvgIpc) is 2.48. The van der Waals surface area contributed by atoms with E-state index in [2.05, 4.69) is 64.2 Å². The van der Waals surface area contributed by atoms with Crippen LogP contribution in [-0.2, 0) is 13.0 Å². The van der Waals surface area contributed by atoms with Gasteiger partial charge in [-0.25, -0.2) is 0 Å². The fourth-order valence-corrected chi connectivity index (χ4v) is 3.76. The number of rotatable bonds is 3. The molecule has 21 heavy (non-hydrogen) atoms. The largest absolute Gasteiger partial charge is 0.398 e. The van der Waals surface area contributed by atoms with Gasteiger partial charge in [0.2, 0.25) is 0 Å². The highest BCUT2D eigenvalue weighted by molar-refractivity contribution is 9.10. The molecule has 3 rings (SSSR count). The maximum absolute atomic E-state index is 6.10. The van der Waals surface area contributed by atoms with Crippen molar-refractivity contribution in [3.05, 3.63) is 63.6 Å². The van der Waals surface area contributed by atoms with Gasteiger partial charge in [0.05, 0.1) is 0 Å². The Balaban J connectivity index is 1.87. The zero-order chi connectivity index (χ0) is 14.8. The number of benzene rings is 2. The van der Waals surface area contributed by atoms with E-state index >= 15 is 0 Å². The number of fused-ring (bicyclic) bond motifs is 1. The van der Waals surface area contributed by atoms with Gasteiger partial charge in [0, 0.05) is 29.3 Å². The quantitative estimate of drug-likeness (QED) is 0.828. The number of nitrogen functional groups attached to an aromatic ring is 1. The van der Waals surface area contributed by atoms with E-state index in [1.165, 1.54) is 16.7 Å². The third-order valence-electron chi connectivity index (χ3n) is 4.39. The summed E-state index contributed by atoms with van der Waals surface area (Å²) in [7, 11) is 0. The van der Waals surface area contributed by atoms with E-state index in [1.54, 1.807) is 0 Å². The molecule has 0 fully saturated rings. The highest BCUT2D eigenvalue weighted by Crippen LogP contribution is 2.32. The van der Waals surface area contributed by atoms with Crippen LogP contribution in [0.15, 0.2) is 46.9 Å². The van der Waals surface area contributed by atoms with Crippen molar-refractivity contribution in [2.45, 2.75) is 32.4 Å². The zero-order valence-corrected chi connectivity index (χ0v) is 13.9. The SMILES string of the molecule is CCC(c1cccc(Br)c1)N1CCc2c(N)cccc2C1. The first kappa shape index (κ1) is 14.6. The van der Waals surface area contributed by atoms with Gasteiger partial charge in [-0.05, 0) is 47.7 Å². The van der Waals surface area contributed by atoms with Gasteiger partial charge in [-0.3, -0.25) is 4.90 Å². The second kappa shape index (κ2) is 6.20. The van der Waals surface area contributed by atoms with Crippen molar-refractivity contribution in [3.8, 4) is 0 Å². The molecule has 1 heterocycles. The summed E-state index contributed by atoms with van der Waals surface area (Å²) in [6, 6.07) is 15.4. The third-order valence-corrected chi connectivity index (χ3v) is 4.89. The number of anilines is 1. The van der Waals surface area contributed by atoms with Gasteiger partial charge < -0.3 is 5.73 Å². The minimum absolute atomic E-state index is 0.470. The number of nitrogens with zero attached hydrogens (tertiary/aromatic N) is 1. The molecule has 2 aromatic carbocycles. The minimum atomic E-state index is 0.470. The van der Waals surface area contributed by atoms with Crippen molar-refractivity contribution in [2.24, 2.45) is 0 Å². The number of hydrogen-bond donors (Lipinski definition) is 1. The molecule has 0 spiro atoms. The Hall–Kier alpha value is -1.32. The molecule has 0 bridgehead atoms. The lowest BCUT2D eigenvalue weighted by molar-refractivity contribution is 0.174. The number of halogens is 1. The maximum atomic E-state index is 6.10. The molecular formula is C18H21BrN2. The second-order valence-corrected chi connectivity index (χ2v) is 6.60. The molecule has 0 saturated carbocycles. The highest BCUT2D eigenvalue weighted by Gasteiger charge is 2.24. The summed E-state index contributed by atoms with van der Waals surface area (Å²) in [5.74, 6) is 0. The highest BCUT2D eigenvalue weighted by atomic mass is 79.9. The monoisotopic (exact) mass is 344 g/mol. The van der Waals surface area contributed by atoms with Crippen molar-refractivity contribution in [2.75, 3.05) is 12.3 Å². The van der Waals surface area contributed by atoms with E-state index in [-0.39, 0.29) is 0 Å². The molecule has 0 saturated heterocycles. The standard InChI is InChI=1S/C18H21BrN2/c1-2-18(13-5-3-7-15(19)11-13)21-10-9-16-14(12-21)6-4-8-17(16)20/h3-8,11,18H,2,9-10,12,20H2,1H3. The Morgan fingerprint density at radius 1 is 1.24 bits per heavy atom. The van der Waals surface area contributed by atoms with Crippen LogP contribution < -0.4 is 5.73 Å². The van der Waals surface area contributed by atoms with Crippen LogP contribution >= 0.6 is 15.9 Å². The molecule has 1 aliphatic heterocycles. The summed E-state index contributed by atoms with van der Waals surface area (Å²) < 4.78 is 1.15. The van der Waals surface area contributed by atoms with Crippen LogP contribution in [-0.4, -0.2) is 11.4 Å². The van der Waals surface area contributed by atoms with Gasteiger partial charge >= 0.3 is 0 Å². The predicted molar refractivity (Wildman–Crippen MR) is 92.1 cm³/mol. The first-order valence-electron chi connectivity index (χ1n) is 7.54. The first-order chi connectivity index (χ1) is 10.2. The lowest BCUT2D eigenvalue weighted by Gasteiger charge is -2.36. The molecule has 1 atom stereocenters. The molecule has 0 amide bonds. The van der Waals surface area contributed by atoms with Gasteiger partial charge in [0.25, 0.3) is 0 Å². The Bertz CT molecular complexity index is 639. The molecule has 0 aliphatic carbocycles. The van der Waals surface area contributed by atoms with Gasteiger partial charge in [-0.1, -0.05) is 47.1 Å². The maximum Gasteiger partial charge on any atom is 0.0350 e. The topological polar surface area (TPSA) is 29.3 Å². The second-order valence-electron chi connectivity index (χ2n) is 5.68. The van der Waals surface area contributed by atoms with Crippen molar-refractivity contribution in [1.82, 2.24) is 4.90 Å². The molecule has 1 aliphatic rings. The van der Waals surface area contributed by atoms with Crippen molar-refractivity contribution < 1.29 is 0 Å². The Labute approximate surface area is 135 Å². The zero-order valence-electron chi connectivity index (χ0n) is 12.3. The molecule has 0 radical (unpaired) electrons. The summed E-state index contributed by atoms with van der Waals surface area (Å²) in [5.41, 5.74) is 11.2. The summed E-state index contributed by atoms with van der Waals surface area (Å²) in [6.07, 6.45) is 2.17. The fraction of sp³-hybridized carbons (Fsp3) is 0.333. The van der Waals surface area contributed by atoms with E-state index in [4.69, 9.17) is 5.73 Å². The molecule has 3 heteroatoms. The normalized spacial score (nSPS) is 16.5. The van der Waals surface area contributed by atoms with Crippen LogP contribution in [0.4, 0.5) is 5.69 Å². The first-order valence-corrected chi connectivity index (χ1v) is 8.34. The number of hydrogen-bond acceptors (Lipinski definition) is 2. The van der Waals surface area contributed by atoms with Crippen molar-refractivity contribution in [3.63, 3.8) is 0 Å². The van der Waals surface area contributed by atoms with Gasteiger partial charge in [0.15, 0.2) is 0 Å². The van der Waals surface area contributed by atoms with E-state index in [0.29, 0.717) is 6.04 Å². The summed E-state index contributed by atoms with van der Waals surface area (Å²) in [5, 5.41) is 0. The summed E-state index contributed by atoms with van der Waals surface area (Å²) >= 11 is 3.58. The van der Waals surface area contributed by atoms with Crippen LogP contribution in [0.3, 0.4) is 0 Å². The van der Waals surface area contributed by atoms with E-state index < -0.39 is 0 Å². The predicted octanol–water partition coefficient (Wildman–Crippen LogP) is 4.54. The lowest BCUT2D eigenvalue weighted by Crippen LogP contribution is -2.34. The number of nitrogens with two attached hydrogens (primary N) is 1. The minimum Gasteiger partial charge on any atom is -0.398 e. The smallest absolute Gasteiger partial charge is 0.0350 e. The Morgan fingerprint density at radius 2 is 2.05 bits per heavy atom. The average molecular weight is 345 g/mol.